The molecule has 2 aliphatic rings. The minimum absolute atomic E-state index is 0.0163. The van der Waals surface area contributed by atoms with Gasteiger partial charge < -0.3 is 4.74 Å². The number of rotatable bonds is 2. The van der Waals surface area contributed by atoms with Crippen molar-refractivity contribution >= 4 is 17.3 Å². The van der Waals surface area contributed by atoms with Crippen LogP contribution in [0.4, 0.5) is 0 Å². The van der Waals surface area contributed by atoms with Crippen LogP contribution in [0.15, 0.2) is 16.8 Å². The van der Waals surface area contributed by atoms with Crippen molar-refractivity contribution in [1.82, 2.24) is 4.90 Å². The van der Waals surface area contributed by atoms with Crippen LogP contribution in [0.1, 0.15) is 37.8 Å². The van der Waals surface area contributed by atoms with E-state index in [1.165, 1.54) is 12.0 Å². The first kappa shape index (κ1) is 11.2. The van der Waals surface area contributed by atoms with E-state index in [9.17, 15) is 4.79 Å². The maximum atomic E-state index is 11.8. The van der Waals surface area contributed by atoms with Crippen molar-refractivity contribution in [2.24, 2.45) is 0 Å². The Bertz CT molecular complexity index is 404. The molecular formula is C13H17NO2S. The zero-order valence-corrected chi connectivity index (χ0v) is 10.8. The molecule has 0 aromatic carbocycles. The Morgan fingerprint density at radius 3 is 3.00 bits per heavy atom. The first-order valence-corrected chi connectivity index (χ1v) is 7.18. The maximum absolute atomic E-state index is 11.8. The van der Waals surface area contributed by atoms with Crippen molar-refractivity contribution in [3.63, 3.8) is 0 Å². The normalized spacial score (nSPS) is 34.2. The monoisotopic (exact) mass is 251 g/mol. The third-order valence-corrected chi connectivity index (χ3v) is 4.47. The summed E-state index contributed by atoms with van der Waals surface area (Å²) in [5.74, 6) is -0.0281. The Kier molecular flexibility index (Phi) is 2.92. The highest BCUT2D eigenvalue weighted by atomic mass is 32.1. The minimum Gasteiger partial charge on any atom is -0.461 e. The molecule has 3 nitrogen and oxygen atoms in total. The van der Waals surface area contributed by atoms with Gasteiger partial charge in [-0.15, -0.1) is 0 Å². The summed E-state index contributed by atoms with van der Waals surface area (Å²) in [6.07, 6.45) is 3.27. The molecule has 2 saturated heterocycles. The van der Waals surface area contributed by atoms with Crippen LogP contribution in [-0.4, -0.2) is 29.6 Å². The van der Waals surface area contributed by atoms with Crippen LogP contribution in [0, 0.1) is 0 Å². The van der Waals surface area contributed by atoms with Gasteiger partial charge in [-0.05, 0) is 48.7 Å². The van der Waals surface area contributed by atoms with Gasteiger partial charge in [-0.25, -0.2) is 0 Å². The van der Waals surface area contributed by atoms with Gasteiger partial charge in [0.1, 0.15) is 12.1 Å². The van der Waals surface area contributed by atoms with Gasteiger partial charge in [0.15, 0.2) is 0 Å². The average molecular weight is 251 g/mol. The number of hydrogen-bond donors (Lipinski definition) is 0. The van der Waals surface area contributed by atoms with E-state index in [1.54, 1.807) is 11.3 Å². The summed E-state index contributed by atoms with van der Waals surface area (Å²) in [6, 6.07) is 2.58. The molecule has 2 fully saturated rings. The quantitative estimate of drug-likeness (QED) is 0.757. The highest BCUT2D eigenvalue weighted by molar-refractivity contribution is 7.07. The summed E-state index contributed by atoms with van der Waals surface area (Å²) in [5.41, 5.74) is 1.36. The zero-order chi connectivity index (χ0) is 11.8. The summed E-state index contributed by atoms with van der Waals surface area (Å²) in [5, 5.41) is 4.31. The third kappa shape index (κ3) is 2.00. The van der Waals surface area contributed by atoms with Crippen LogP contribution >= 0.6 is 11.3 Å². The fourth-order valence-corrected chi connectivity index (χ4v) is 3.70. The molecule has 0 aliphatic carbocycles. The van der Waals surface area contributed by atoms with E-state index in [0.717, 1.165) is 19.4 Å². The molecular weight excluding hydrogens is 234 g/mol. The standard InChI is InChI=1S/C13H17NO2S/c1-9-7-12(13(15)16-9)14-5-2-3-11(14)10-4-6-17-8-10/h4,6,8-9,11-12H,2-3,5,7H2,1H3/t9-,11+,12+/m1/s1. The number of cyclic esters (lactones) is 1. The van der Waals surface area contributed by atoms with E-state index >= 15 is 0 Å². The summed E-state index contributed by atoms with van der Waals surface area (Å²) in [4.78, 5) is 14.2. The molecule has 2 aliphatic heterocycles. The molecule has 3 heterocycles. The van der Waals surface area contributed by atoms with E-state index in [-0.39, 0.29) is 18.1 Å². The first-order chi connectivity index (χ1) is 8.25. The van der Waals surface area contributed by atoms with Crippen molar-refractivity contribution in [2.45, 2.75) is 44.4 Å². The molecule has 0 bridgehead atoms. The van der Waals surface area contributed by atoms with Gasteiger partial charge in [0.05, 0.1) is 0 Å². The summed E-state index contributed by atoms with van der Waals surface area (Å²) in [6.45, 7) is 3.00. The van der Waals surface area contributed by atoms with Crippen LogP contribution in [0.5, 0.6) is 0 Å². The molecule has 0 amide bonds. The smallest absolute Gasteiger partial charge is 0.323 e. The molecule has 0 spiro atoms. The lowest BCUT2D eigenvalue weighted by atomic mass is 10.1. The predicted molar refractivity (Wildman–Crippen MR) is 67.0 cm³/mol. The number of likely N-dealkylation sites (tertiary alicyclic amines) is 1. The van der Waals surface area contributed by atoms with Crippen molar-refractivity contribution in [2.75, 3.05) is 6.54 Å². The number of ether oxygens (including phenoxy) is 1. The highest BCUT2D eigenvalue weighted by Gasteiger charge is 2.41. The fourth-order valence-electron chi connectivity index (χ4n) is 2.99. The van der Waals surface area contributed by atoms with E-state index < -0.39 is 0 Å². The Morgan fingerprint density at radius 2 is 2.35 bits per heavy atom. The van der Waals surface area contributed by atoms with E-state index in [0.29, 0.717) is 6.04 Å². The Hall–Kier alpha value is -0.870. The predicted octanol–water partition coefficient (Wildman–Crippen LogP) is 2.59. The second kappa shape index (κ2) is 4.42. The molecule has 92 valence electrons. The SMILES string of the molecule is C[C@@H]1C[C@H](N2CCC[C@H]2c2ccsc2)C(=O)O1. The number of hydrogen-bond acceptors (Lipinski definition) is 4. The molecule has 3 rings (SSSR count). The second-order valence-electron chi connectivity index (χ2n) is 4.95. The van der Waals surface area contributed by atoms with E-state index in [4.69, 9.17) is 4.74 Å². The van der Waals surface area contributed by atoms with Crippen LogP contribution in [0.25, 0.3) is 0 Å². The summed E-state index contributed by atoms with van der Waals surface area (Å²) < 4.78 is 5.27. The van der Waals surface area contributed by atoms with Gasteiger partial charge in [-0.3, -0.25) is 9.69 Å². The number of carbonyl (C=O) groups is 1. The maximum Gasteiger partial charge on any atom is 0.323 e. The highest BCUT2D eigenvalue weighted by Crippen LogP contribution is 2.37. The molecule has 0 N–H and O–H groups in total. The Morgan fingerprint density at radius 1 is 1.47 bits per heavy atom. The zero-order valence-electron chi connectivity index (χ0n) is 9.96. The van der Waals surface area contributed by atoms with Crippen molar-refractivity contribution < 1.29 is 9.53 Å². The van der Waals surface area contributed by atoms with Gasteiger partial charge in [0.25, 0.3) is 0 Å². The van der Waals surface area contributed by atoms with E-state index in [2.05, 4.69) is 21.7 Å². The molecule has 0 unspecified atom stereocenters. The molecule has 0 saturated carbocycles. The molecule has 1 aromatic heterocycles. The lowest BCUT2D eigenvalue weighted by molar-refractivity contribution is -0.145. The van der Waals surface area contributed by atoms with Gasteiger partial charge in [-0.1, -0.05) is 0 Å². The van der Waals surface area contributed by atoms with Gasteiger partial charge >= 0.3 is 5.97 Å². The van der Waals surface area contributed by atoms with Crippen molar-refractivity contribution in [3.8, 4) is 0 Å². The van der Waals surface area contributed by atoms with Crippen molar-refractivity contribution in [1.29, 1.82) is 0 Å². The molecule has 0 radical (unpaired) electrons. The Labute approximate surface area is 105 Å². The summed E-state index contributed by atoms with van der Waals surface area (Å²) >= 11 is 1.73. The molecule has 17 heavy (non-hydrogen) atoms. The number of esters is 1. The number of thiophene rings is 1. The lowest BCUT2D eigenvalue weighted by Crippen LogP contribution is -2.37. The Balaban J connectivity index is 1.80. The van der Waals surface area contributed by atoms with Gasteiger partial charge in [0.2, 0.25) is 0 Å². The van der Waals surface area contributed by atoms with Crippen molar-refractivity contribution in [3.05, 3.63) is 22.4 Å². The van der Waals surface area contributed by atoms with Crippen LogP contribution < -0.4 is 0 Å². The lowest BCUT2D eigenvalue weighted by Gasteiger charge is -2.27. The minimum atomic E-state index is -0.0281. The first-order valence-electron chi connectivity index (χ1n) is 6.24. The van der Waals surface area contributed by atoms with Gasteiger partial charge in [0, 0.05) is 12.5 Å². The fraction of sp³-hybridized carbons (Fsp3) is 0.615. The molecule has 3 atom stereocenters. The van der Waals surface area contributed by atoms with Crippen LogP contribution in [0.3, 0.4) is 0 Å². The molecule has 1 aromatic rings. The second-order valence-corrected chi connectivity index (χ2v) is 5.73. The third-order valence-electron chi connectivity index (χ3n) is 3.77. The summed E-state index contributed by atoms with van der Waals surface area (Å²) in [7, 11) is 0. The number of nitrogens with zero attached hydrogens (tertiary/aromatic N) is 1. The van der Waals surface area contributed by atoms with E-state index in [1.807, 2.05) is 6.92 Å². The number of carbonyl (C=O) groups excluding carboxylic acids is 1. The largest absolute Gasteiger partial charge is 0.461 e. The van der Waals surface area contributed by atoms with Gasteiger partial charge in [-0.2, -0.15) is 11.3 Å². The van der Waals surface area contributed by atoms with Crippen LogP contribution in [0.2, 0.25) is 0 Å². The topological polar surface area (TPSA) is 29.5 Å². The average Bonchev–Trinajstić information content (AvgIpc) is 2.97. The van der Waals surface area contributed by atoms with Crippen LogP contribution in [-0.2, 0) is 9.53 Å². The molecule has 4 heteroatoms.